The Labute approximate surface area is 133 Å². The number of nitrogens with zero attached hydrogens (tertiary/aromatic N) is 3. The Bertz CT molecular complexity index is 593. The van der Waals surface area contributed by atoms with Crippen molar-refractivity contribution in [2.24, 2.45) is 7.05 Å². The van der Waals surface area contributed by atoms with Crippen molar-refractivity contribution in [1.29, 1.82) is 0 Å². The predicted octanol–water partition coefficient (Wildman–Crippen LogP) is 2.80. The second-order valence-electron chi connectivity index (χ2n) is 4.69. The lowest BCUT2D eigenvalue weighted by atomic mass is 10.1. The first-order valence-electron chi connectivity index (χ1n) is 6.97. The van der Waals surface area contributed by atoms with Crippen LogP contribution in [0.3, 0.4) is 0 Å². The molecule has 1 atom stereocenters. The quantitative estimate of drug-likeness (QED) is 0.796. The van der Waals surface area contributed by atoms with Crippen LogP contribution in [0, 0.1) is 0 Å². The molecule has 5 nitrogen and oxygen atoms in total. The number of aryl methyl sites for hydroxylation is 1. The lowest BCUT2D eigenvalue weighted by Gasteiger charge is -2.14. The molecule has 2 aromatic heterocycles. The summed E-state index contributed by atoms with van der Waals surface area (Å²) >= 11 is 3.30. The molecule has 0 aromatic carbocycles. The Hall–Kier alpha value is -1.34. The van der Waals surface area contributed by atoms with E-state index in [9.17, 15) is 4.79 Å². The van der Waals surface area contributed by atoms with Crippen LogP contribution in [0.1, 0.15) is 37.6 Å². The van der Waals surface area contributed by atoms with Crippen LogP contribution in [0.25, 0.3) is 0 Å². The maximum Gasteiger partial charge on any atom is 0.226 e. The molecule has 0 spiro atoms. The standard InChI is InChI=1S/C14H20N4OS2/c1-4-12(10-7-15-18(3)8-10)17-13(19)6-11-9-21-14(16-11)20-5-2/h7-9,12H,4-6H2,1-3H3,(H,17,19)/t12-/m0/s1. The number of carbonyl (C=O) groups is 1. The number of carbonyl (C=O) groups excluding carboxylic acids is 1. The normalized spacial score (nSPS) is 12.3. The highest BCUT2D eigenvalue weighted by molar-refractivity contribution is 8.00. The van der Waals surface area contributed by atoms with Crippen molar-refractivity contribution in [3.8, 4) is 0 Å². The topological polar surface area (TPSA) is 59.8 Å². The smallest absolute Gasteiger partial charge is 0.226 e. The fraction of sp³-hybridized carbons (Fsp3) is 0.500. The summed E-state index contributed by atoms with van der Waals surface area (Å²) in [4.78, 5) is 16.6. The largest absolute Gasteiger partial charge is 0.349 e. The van der Waals surface area contributed by atoms with Crippen LogP contribution in [-0.4, -0.2) is 26.4 Å². The van der Waals surface area contributed by atoms with E-state index < -0.39 is 0 Å². The van der Waals surface area contributed by atoms with Gasteiger partial charge in [-0.25, -0.2) is 4.98 Å². The molecule has 2 heterocycles. The Morgan fingerprint density at radius 2 is 2.33 bits per heavy atom. The summed E-state index contributed by atoms with van der Waals surface area (Å²) in [5.74, 6) is 1.00. The predicted molar refractivity (Wildman–Crippen MR) is 86.6 cm³/mol. The fourth-order valence-corrected chi connectivity index (χ4v) is 3.75. The minimum Gasteiger partial charge on any atom is -0.349 e. The van der Waals surface area contributed by atoms with Gasteiger partial charge in [0, 0.05) is 24.2 Å². The first-order valence-corrected chi connectivity index (χ1v) is 8.84. The molecule has 0 aliphatic heterocycles. The summed E-state index contributed by atoms with van der Waals surface area (Å²) in [5, 5.41) is 9.17. The van der Waals surface area contributed by atoms with Gasteiger partial charge in [0.15, 0.2) is 0 Å². The molecular weight excluding hydrogens is 304 g/mol. The highest BCUT2D eigenvalue weighted by atomic mass is 32.2. The second-order valence-corrected chi connectivity index (χ2v) is 7.06. The summed E-state index contributed by atoms with van der Waals surface area (Å²) in [6.07, 6.45) is 4.91. The Balaban J connectivity index is 1.93. The summed E-state index contributed by atoms with van der Waals surface area (Å²) in [6, 6.07) is 0.00863. The molecule has 0 aliphatic carbocycles. The van der Waals surface area contributed by atoms with Crippen LogP contribution >= 0.6 is 23.1 Å². The van der Waals surface area contributed by atoms with Crippen LogP contribution in [0.4, 0.5) is 0 Å². The molecule has 0 bridgehead atoms. The first-order chi connectivity index (χ1) is 10.1. The van der Waals surface area contributed by atoms with Gasteiger partial charge in [-0.3, -0.25) is 9.48 Å². The maximum absolute atomic E-state index is 12.1. The van der Waals surface area contributed by atoms with Crippen LogP contribution in [0.2, 0.25) is 0 Å². The molecule has 0 saturated heterocycles. The van der Waals surface area contributed by atoms with E-state index in [-0.39, 0.29) is 11.9 Å². The first kappa shape index (κ1) is 16.0. The highest BCUT2D eigenvalue weighted by Gasteiger charge is 2.15. The molecule has 0 aliphatic rings. The van der Waals surface area contributed by atoms with Crippen molar-refractivity contribution in [2.75, 3.05) is 5.75 Å². The van der Waals surface area contributed by atoms with E-state index in [4.69, 9.17) is 0 Å². The van der Waals surface area contributed by atoms with E-state index in [0.717, 1.165) is 27.8 Å². The lowest BCUT2D eigenvalue weighted by molar-refractivity contribution is -0.121. The number of hydrogen-bond donors (Lipinski definition) is 1. The molecule has 0 unspecified atom stereocenters. The van der Waals surface area contributed by atoms with Gasteiger partial charge in [-0.2, -0.15) is 5.10 Å². The molecule has 2 aromatic rings. The van der Waals surface area contributed by atoms with Crippen molar-refractivity contribution in [2.45, 2.75) is 37.1 Å². The average Bonchev–Trinajstić information content (AvgIpc) is 3.06. The molecule has 0 saturated carbocycles. The van der Waals surface area contributed by atoms with Crippen molar-refractivity contribution < 1.29 is 4.79 Å². The second kappa shape index (κ2) is 7.61. The van der Waals surface area contributed by atoms with Gasteiger partial charge < -0.3 is 5.32 Å². The summed E-state index contributed by atoms with van der Waals surface area (Å²) in [7, 11) is 1.88. The van der Waals surface area contributed by atoms with Gasteiger partial charge in [0.1, 0.15) is 4.34 Å². The lowest BCUT2D eigenvalue weighted by Crippen LogP contribution is -2.29. The molecule has 2 rings (SSSR count). The minimum absolute atomic E-state index is 0.00375. The van der Waals surface area contributed by atoms with Gasteiger partial charge in [0.05, 0.1) is 24.4 Å². The number of amides is 1. The van der Waals surface area contributed by atoms with E-state index in [2.05, 4.69) is 29.2 Å². The molecular formula is C14H20N4OS2. The van der Waals surface area contributed by atoms with E-state index in [1.54, 1.807) is 34.0 Å². The number of nitrogens with one attached hydrogen (secondary N) is 1. The van der Waals surface area contributed by atoms with Gasteiger partial charge in [-0.15, -0.1) is 11.3 Å². The zero-order valence-corrected chi connectivity index (χ0v) is 14.1. The summed E-state index contributed by atoms with van der Waals surface area (Å²) < 4.78 is 2.78. The Kier molecular flexibility index (Phi) is 5.81. The van der Waals surface area contributed by atoms with Gasteiger partial charge in [0.25, 0.3) is 0 Å². The number of thioether (sulfide) groups is 1. The molecule has 1 amide bonds. The van der Waals surface area contributed by atoms with Crippen molar-refractivity contribution in [1.82, 2.24) is 20.1 Å². The molecule has 0 radical (unpaired) electrons. The molecule has 21 heavy (non-hydrogen) atoms. The van der Waals surface area contributed by atoms with E-state index >= 15 is 0 Å². The van der Waals surface area contributed by atoms with Crippen molar-refractivity contribution in [3.05, 3.63) is 29.0 Å². The summed E-state index contributed by atoms with van der Waals surface area (Å²) in [5.41, 5.74) is 1.88. The zero-order chi connectivity index (χ0) is 15.2. The van der Waals surface area contributed by atoms with Crippen LogP contribution in [0.15, 0.2) is 22.1 Å². The van der Waals surface area contributed by atoms with Gasteiger partial charge in [-0.1, -0.05) is 25.6 Å². The van der Waals surface area contributed by atoms with Crippen molar-refractivity contribution in [3.63, 3.8) is 0 Å². The Morgan fingerprint density at radius 1 is 1.52 bits per heavy atom. The van der Waals surface area contributed by atoms with Gasteiger partial charge >= 0.3 is 0 Å². The van der Waals surface area contributed by atoms with Crippen molar-refractivity contribution >= 4 is 29.0 Å². The van der Waals surface area contributed by atoms with Gasteiger partial charge in [-0.05, 0) is 12.2 Å². The van der Waals surface area contributed by atoms with Crippen LogP contribution in [-0.2, 0) is 18.3 Å². The van der Waals surface area contributed by atoms with Gasteiger partial charge in [0.2, 0.25) is 5.91 Å². The van der Waals surface area contributed by atoms with E-state index in [1.165, 1.54) is 0 Å². The van der Waals surface area contributed by atoms with Crippen LogP contribution in [0.5, 0.6) is 0 Å². The number of aromatic nitrogens is 3. The molecule has 0 fully saturated rings. The van der Waals surface area contributed by atoms with Crippen LogP contribution < -0.4 is 5.32 Å². The zero-order valence-electron chi connectivity index (χ0n) is 12.5. The SMILES string of the molecule is CCSc1nc(CC(=O)N[C@@H](CC)c2cnn(C)c2)cs1. The third-order valence-electron chi connectivity index (χ3n) is 3.01. The summed E-state index contributed by atoms with van der Waals surface area (Å²) in [6.45, 7) is 4.15. The van der Waals surface area contributed by atoms with E-state index in [1.807, 2.05) is 18.6 Å². The number of hydrogen-bond acceptors (Lipinski definition) is 5. The maximum atomic E-state index is 12.1. The highest BCUT2D eigenvalue weighted by Crippen LogP contribution is 2.22. The minimum atomic E-state index is 0.00375. The molecule has 7 heteroatoms. The number of rotatable bonds is 7. The number of thiazole rings is 1. The van der Waals surface area contributed by atoms with E-state index in [0.29, 0.717) is 6.42 Å². The monoisotopic (exact) mass is 324 g/mol. The Morgan fingerprint density at radius 3 is 2.95 bits per heavy atom. The fourth-order valence-electron chi connectivity index (χ4n) is 2.01. The third-order valence-corrected chi connectivity index (χ3v) is 4.96. The third kappa shape index (κ3) is 4.57. The molecule has 1 N–H and O–H groups in total. The molecule has 114 valence electrons. The average molecular weight is 324 g/mol.